The normalized spacial score (nSPS) is 19.9. The minimum absolute atomic E-state index is 0.0989. The molecule has 96 valence electrons. The van der Waals surface area contributed by atoms with Gasteiger partial charge in [0.2, 0.25) is 0 Å². The smallest absolute Gasteiger partial charge is 0.334 e. The number of hydrogen-bond donors (Lipinski definition) is 1. The number of rotatable bonds is 1. The minimum Gasteiger partial charge on any atom is -0.334 e. The molecule has 0 saturated heterocycles. The Labute approximate surface area is 105 Å². The molecule has 7 heteroatoms. The lowest BCUT2D eigenvalue weighted by Crippen LogP contribution is -2.13. The number of carbonyl (C=O) groups is 1. The molecule has 0 aromatic heterocycles. The number of benzene rings is 1. The maximum atomic E-state index is 12.7. The number of amides is 1. The lowest BCUT2D eigenvalue weighted by atomic mass is 10.2. The minimum atomic E-state index is -4.44. The number of amidine groups is 1. The van der Waals surface area contributed by atoms with E-state index in [1.54, 1.807) is 6.92 Å². The van der Waals surface area contributed by atoms with Crippen molar-refractivity contribution in [2.24, 2.45) is 4.99 Å². The fourth-order valence-electron chi connectivity index (χ4n) is 1.45. The summed E-state index contributed by atoms with van der Waals surface area (Å²) in [7, 11) is 0. The van der Waals surface area contributed by atoms with Crippen LogP contribution in [0.4, 0.5) is 18.9 Å². The van der Waals surface area contributed by atoms with Crippen LogP contribution in [0.3, 0.4) is 0 Å². The van der Waals surface area contributed by atoms with Crippen molar-refractivity contribution >= 4 is 28.5 Å². The van der Waals surface area contributed by atoms with E-state index in [-0.39, 0.29) is 22.0 Å². The van der Waals surface area contributed by atoms with Crippen LogP contribution in [0.2, 0.25) is 0 Å². The zero-order valence-electron chi connectivity index (χ0n) is 9.28. The second kappa shape index (κ2) is 4.64. The maximum absolute atomic E-state index is 12.7. The first kappa shape index (κ1) is 12.9. The van der Waals surface area contributed by atoms with E-state index in [4.69, 9.17) is 0 Å². The second-order valence-electron chi connectivity index (χ2n) is 3.68. The van der Waals surface area contributed by atoms with Crippen LogP contribution in [0.15, 0.2) is 29.3 Å². The average Bonchev–Trinajstić information content (AvgIpc) is 2.57. The van der Waals surface area contributed by atoms with Gasteiger partial charge < -0.3 is 5.32 Å². The zero-order chi connectivity index (χ0) is 13.3. The van der Waals surface area contributed by atoms with Crippen molar-refractivity contribution in [2.75, 3.05) is 5.32 Å². The molecular weight excluding hydrogens is 265 g/mol. The fraction of sp³-hybridized carbons (Fsp3) is 0.273. The third-order valence-corrected chi connectivity index (χ3v) is 3.29. The molecule has 2 rings (SSSR count). The van der Waals surface area contributed by atoms with E-state index in [1.807, 2.05) is 0 Å². The molecule has 18 heavy (non-hydrogen) atoms. The standard InChI is InChI=1S/C11H9F3N2OS/c1-6-9(17)16-10(18-6)15-8-5-3-2-4-7(8)11(12,13)14/h2-6H,1H3,(H,15,16,17). The molecule has 0 aliphatic carbocycles. The molecule has 0 spiro atoms. The van der Waals surface area contributed by atoms with E-state index in [0.29, 0.717) is 0 Å². The van der Waals surface area contributed by atoms with Crippen molar-refractivity contribution in [3.8, 4) is 0 Å². The first-order chi connectivity index (χ1) is 8.38. The molecule has 0 fully saturated rings. The molecule has 1 aliphatic heterocycles. The number of halogens is 3. The van der Waals surface area contributed by atoms with Crippen molar-refractivity contribution in [3.63, 3.8) is 0 Å². The quantitative estimate of drug-likeness (QED) is 0.855. The summed E-state index contributed by atoms with van der Waals surface area (Å²) in [6, 6.07) is 5.08. The van der Waals surface area contributed by atoms with Gasteiger partial charge in [-0.25, -0.2) is 0 Å². The highest BCUT2D eigenvalue weighted by Crippen LogP contribution is 2.35. The van der Waals surface area contributed by atoms with E-state index in [0.717, 1.165) is 17.8 Å². The number of nitrogens with zero attached hydrogens (tertiary/aromatic N) is 1. The van der Waals surface area contributed by atoms with Crippen LogP contribution in [0.1, 0.15) is 12.5 Å². The van der Waals surface area contributed by atoms with Gasteiger partial charge in [0.15, 0.2) is 5.17 Å². The Bertz CT molecular complexity index is 513. The van der Waals surface area contributed by atoms with Gasteiger partial charge in [0.25, 0.3) is 5.91 Å². The molecule has 1 heterocycles. The van der Waals surface area contributed by atoms with Crippen molar-refractivity contribution < 1.29 is 18.0 Å². The van der Waals surface area contributed by atoms with Crippen LogP contribution in [-0.2, 0) is 11.0 Å². The predicted octanol–water partition coefficient (Wildman–Crippen LogP) is 3.14. The molecule has 0 bridgehead atoms. The monoisotopic (exact) mass is 274 g/mol. The van der Waals surface area contributed by atoms with Gasteiger partial charge in [0, 0.05) is 0 Å². The van der Waals surface area contributed by atoms with Crippen molar-refractivity contribution in [2.45, 2.75) is 18.3 Å². The molecule has 1 aromatic carbocycles. The molecule has 1 atom stereocenters. The molecule has 3 nitrogen and oxygen atoms in total. The number of anilines is 1. The number of para-hydroxylation sites is 1. The number of hydrogen-bond acceptors (Lipinski definition) is 3. The largest absolute Gasteiger partial charge is 0.418 e. The van der Waals surface area contributed by atoms with Crippen LogP contribution < -0.4 is 5.32 Å². The number of thioether (sulfide) groups is 1. The summed E-state index contributed by atoms with van der Waals surface area (Å²) in [5.41, 5.74) is -0.876. The first-order valence-corrected chi connectivity index (χ1v) is 5.98. The number of aliphatic imine (C=N–C) groups is 1. The fourth-order valence-corrected chi connectivity index (χ4v) is 2.25. The predicted molar refractivity (Wildman–Crippen MR) is 64.6 cm³/mol. The Hall–Kier alpha value is -1.50. The first-order valence-electron chi connectivity index (χ1n) is 5.10. The van der Waals surface area contributed by atoms with Crippen LogP contribution in [-0.4, -0.2) is 16.3 Å². The molecule has 1 unspecified atom stereocenters. The van der Waals surface area contributed by atoms with E-state index < -0.39 is 11.7 Å². The van der Waals surface area contributed by atoms with Gasteiger partial charge in [0.1, 0.15) is 0 Å². The zero-order valence-corrected chi connectivity index (χ0v) is 10.1. The molecule has 1 N–H and O–H groups in total. The van der Waals surface area contributed by atoms with Crippen molar-refractivity contribution in [3.05, 3.63) is 29.8 Å². The third-order valence-electron chi connectivity index (χ3n) is 2.32. The lowest BCUT2D eigenvalue weighted by molar-refractivity contribution is -0.136. The average molecular weight is 274 g/mol. The number of nitrogens with one attached hydrogen (secondary N) is 1. The summed E-state index contributed by atoms with van der Waals surface area (Å²) in [4.78, 5) is 14.8. The molecule has 0 radical (unpaired) electrons. The Balaban J connectivity index is 2.26. The van der Waals surface area contributed by atoms with E-state index in [1.165, 1.54) is 18.2 Å². The Morgan fingerprint density at radius 3 is 2.56 bits per heavy atom. The highest BCUT2D eigenvalue weighted by molar-refractivity contribution is 8.15. The number of alkyl halides is 3. The highest BCUT2D eigenvalue weighted by atomic mass is 32.2. The molecule has 0 saturated carbocycles. The number of carbonyl (C=O) groups excluding carboxylic acids is 1. The summed E-state index contributed by atoms with van der Waals surface area (Å²) in [6.07, 6.45) is -4.44. The molecule has 1 amide bonds. The molecule has 1 aliphatic rings. The topological polar surface area (TPSA) is 41.5 Å². The molecule has 1 aromatic rings. The maximum Gasteiger partial charge on any atom is 0.418 e. The van der Waals surface area contributed by atoms with Gasteiger partial charge >= 0.3 is 6.18 Å². The van der Waals surface area contributed by atoms with Crippen LogP contribution >= 0.6 is 11.8 Å². The van der Waals surface area contributed by atoms with Crippen LogP contribution in [0.5, 0.6) is 0 Å². The van der Waals surface area contributed by atoms with E-state index in [2.05, 4.69) is 10.3 Å². The van der Waals surface area contributed by atoms with Crippen LogP contribution in [0, 0.1) is 0 Å². The lowest BCUT2D eigenvalue weighted by Gasteiger charge is -2.13. The molecular formula is C11H9F3N2OS. The summed E-state index contributed by atoms with van der Waals surface area (Å²) < 4.78 is 38.2. The highest BCUT2D eigenvalue weighted by Gasteiger charge is 2.34. The van der Waals surface area contributed by atoms with Gasteiger partial charge in [0.05, 0.1) is 16.5 Å². The van der Waals surface area contributed by atoms with E-state index in [9.17, 15) is 18.0 Å². The third kappa shape index (κ3) is 2.66. The van der Waals surface area contributed by atoms with Crippen molar-refractivity contribution in [1.82, 2.24) is 0 Å². The van der Waals surface area contributed by atoms with Gasteiger partial charge in [-0.2, -0.15) is 18.2 Å². The van der Waals surface area contributed by atoms with Crippen molar-refractivity contribution in [1.29, 1.82) is 0 Å². The summed E-state index contributed by atoms with van der Waals surface area (Å²) >= 11 is 1.11. The van der Waals surface area contributed by atoms with Gasteiger partial charge in [-0.05, 0) is 19.1 Å². The SMILES string of the molecule is CC1SC(Nc2ccccc2C(F)(F)F)=NC1=O. The van der Waals surface area contributed by atoms with Gasteiger partial charge in [-0.1, -0.05) is 23.9 Å². The summed E-state index contributed by atoms with van der Waals surface area (Å²) in [5.74, 6) is -0.341. The summed E-state index contributed by atoms with van der Waals surface area (Å²) in [5, 5.41) is 2.39. The Morgan fingerprint density at radius 2 is 2.00 bits per heavy atom. The Kier molecular flexibility index (Phi) is 3.34. The Morgan fingerprint density at radius 1 is 1.33 bits per heavy atom. The summed E-state index contributed by atoms with van der Waals surface area (Å²) in [6.45, 7) is 1.65. The van der Waals surface area contributed by atoms with Crippen LogP contribution in [0.25, 0.3) is 0 Å². The van der Waals surface area contributed by atoms with Gasteiger partial charge in [-0.15, -0.1) is 0 Å². The van der Waals surface area contributed by atoms with E-state index >= 15 is 0 Å². The second-order valence-corrected chi connectivity index (χ2v) is 5.01. The van der Waals surface area contributed by atoms with Gasteiger partial charge in [-0.3, -0.25) is 4.79 Å².